The Balaban J connectivity index is 1.98. The van der Waals surface area contributed by atoms with Gasteiger partial charge in [-0.2, -0.15) is 4.98 Å². The molecule has 12 heteroatoms. The Hall–Kier alpha value is -3.70. The SMILES string of the molecule is C=CC(=O)Nc1c(F)ccc(Nc2ncc(Cl)c(Nc3ccccc3S(=O)(=O)C(C)C)n2)c1OC. The molecular formula is C23H23ClFN5O4S. The van der Waals surface area contributed by atoms with E-state index in [4.69, 9.17) is 16.3 Å². The molecule has 0 aliphatic rings. The van der Waals surface area contributed by atoms with Gasteiger partial charge >= 0.3 is 0 Å². The number of hydrogen-bond acceptors (Lipinski definition) is 8. The lowest BCUT2D eigenvalue weighted by Gasteiger charge is -2.17. The second-order valence-corrected chi connectivity index (χ2v) is 10.3. The molecule has 0 saturated heterocycles. The number of nitrogens with zero attached hydrogens (tertiary/aromatic N) is 2. The highest BCUT2D eigenvalue weighted by molar-refractivity contribution is 7.92. The summed E-state index contributed by atoms with van der Waals surface area (Å²) in [5.74, 6) is -1.15. The first-order valence-electron chi connectivity index (χ1n) is 10.3. The molecule has 184 valence electrons. The van der Waals surface area contributed by atoms with Gasteiger partial charge in [-0.1, -0.05) is 30.3 Å². The molecule has 0 radical (unpaired) electrons. The Morgan fingerprint density at radius 2 is 1.89 bits per heavy atom. The van der Waals surface area contributed by atoms with E-state index < -0.39 is 26.8 Å². The molecule has 0 bridgehead atoms. The van der Waals surface area contributed by atoms with Gasteiger partial charge in [0.1, 0.15) is 10.7 Å². The Morgan fingerprint density at radius 3 is 2.54 bits per heavy atom. The lowest BCUT2D eigenvalue weighted by atomic mass is 10.2. The van der Waals surface area contributed by atoms with Gasteiger partial charge in [0.05, 0.1) is 34.8 Å². The zero-order valence-electron chi connectivity index (χ0n) is 19.1. The number of halogens is 2. The van der Waals surface area contributed by atoms with Crippen molar-refractivity contribution in [3.8, 4) is 5.75 Å². The number of amides is 1. The minimum absolute atomic E-state index is 0.00151. The molecule has 9 nitrogen and oxygen atoms in total. The third kappa shape index (κ3) is 5.69. The fraction of sp³-hybridized carbons (Fsp3) is 0.174. The average molecular weight is 520 g/mol. The first-order chi connectivity index (χ1) is 16.6. The van der Waals surface area contributed by atoms with Gasteiger partial charge in [-0.15, -0.1) is 0 Å². The fourth-order valence-electron chi connectivity index (χ4n) is 2.99. The first-order valence-corrected chi connectivity index (χ1v) is 12.2. The van der Waals surface area contributed by atoms with Crippen molar-refractivity contribution in [3.05, 3.63) is 66.1 Å². The maximum Gasteiger partial charge on any atom is 0.247 e. The summed E-state index contributed by atoms with van der Waals surface area (Å²) in [5.41, 5.74) is 0.355. The molecule has 0 aliphatic heterocycles. The van der Waals surface area contributed by atoms with Crippen molar-refractivity contribution < 1.29 is 22.3 Å². The van der Waals surface area contributed by atoms with E-state index in [0.29, 0.717) is 5.69 Å². The summed E-state index contributed by atoms with van der Waals surface area (Å²) in [6.07, 6.45) is 2.31. The predicted octanol–water partition coefficient (Wildman–Crippen LogP) is 5.07. The number of nitrogens with one attached hydrogen (secondary N) is 3. The van der Waals surface area contributed by atoms with Crippen LogP contribution < -0.4 is 20.7 Å². The van der Waals surface area contributed by atoms with Crippen LogP contribution in [0.15, 0.2) is 60.1 Å². The van der Waals surface area contributed by atoms with Crippen molar-refractivity contribution in [1.29, 1.82) is 0 Å². The average Bonchev–Trinajstić information content (AvgIpc) is 2.83. The minimum Gasteiger partial charge on any atom is -0.492 e. The van der Waals surface area contributed by atoms with E-state index in [1.165, 1.54) is 25.4 Å². The first kappa shape index (κ1) is 25.9. The number of anilines is 5. The quantitative estimate of drug-likeness (QED) is 0.335. The van der Waals surface area contributed by atoms with Crippen LogP contribution in [0.2, 0.25) is 5.02 Å². The fourth-order valence-corrected chi connectivity index (χ4v) is 4.33. The monoisotopic (exact) mass is 519 g/mol. The third-order valence-corrected chi connectivity index (χ3v) is 7.29. The van der Waals surface area contributed by atoms with Gasteiger partial charge in [-0.25, -0.2) is 17.8 Å². The van der Waals surface area contributed by atoms with Crippen LogP contribution in [-0.2, 0) is 14.6 Å². The molecule has 2 aromatic carbocycles. The van der Waals surface area contributed by atoms with Crippen LogP contribution in [0, 0.1) is 5.82 Å². The Kier molecular flexibility index (Phi) is 7.92. The van der Waals surface area contributed by atoms with E-state index in [0.717, 1.165) is 12.1 Å². The number of methoxy groups -OCH3 is 1. The predicted molar refractivity (Wildman–Crippen MR) is 134 cm³/mol. The minimum atomic E-state index is -3.59. The highest BCUT2D eigenvalue weighted by Crippen LogP contribution is 2.37. The number of aromatic nitrogens is 2. The number of rotatable bonds is 9. The van der Waals surface area contributed by atoms with Crippen LogP contribution in [0.4, 0.5) is 33.2 Å². The molecule has 1 amide bonds. The van der Waals surface area contributed by atoms with Crippen LogP contribution in [0.3, 0.4) is 0 Å². The van der Waals surface area contributed by atoms with Crippen LogP contribution in [0.1, 0.15) is 13.8 Å². The second kappa shape index (κ2) is 10.7. The molecule has 3 aromatic rings. The Bertz CT molecular complexity index is 1380. The highest BCUT2D eigenvalue weighted by Gasteiger charge is 2.23. The lowest BCUT2D eigenvalue weighted by molar-refractivity contribution is -0.111. The number of hydrogen-bond donors (Lipinski definition) is 3. The molecule has 0 fully saturated rings. The summed E-state index contributed by atoms with van der Waals surface area (Å²) in [4.78, 5) is 20.2. The van der Waals surface area contributed by atoms with E-state index >= 15 is 0 Å². The molecule has 35 heavy (non-hydrogen) atoms. The van der Waals surface area contributed by atoms with E-state index in [9.17, 15) is 17.6 Å². The van der Waals surface area contributed by atoms with Crippen LogP contribution in [0.25, 0.3) is 0 Å². The number of carbonyl (C=O) groups is 1. The summed E-state index contributed by atoms with van der Waals surface area (Å²) < 4.78 is 45.2. The zero-order chi connectivity index (χ0) is 25.8. The van der Waals surface area contributed by atoms with Gasteiger partial charge < -0.3 is 20.7 Å². The number of ether oxygens (including phenoxy) is 1. The van der Waals surface area contributed by atoms with Gasteiger partial charge in [0.25, 0.3) is 0 Å². The molecule has 3 rings (SSSR count). The summed E-state index contributed by atoms with van der Waals surface area (Å²) in [6, 6.07) is 8.91. The number of para-hydroxylation sites is 1. The van der Waals surface area contributed by atoms with Crippen molar-refractivity contribution >= 4 is 56.2 Å². The van der Waals surface area contributed by atoms with Gasteiger partial charge in [0.2, 0.25) is 11.9 Å². The summed E-state index contributed by atoms with van der Waals surface area (Å²) >= 11 is 6.26. The second-order valence-electron chi connectivity index (χ2n) is 7.43. The highest BCUT2D eigenvalue weighted by atomic mass is 35.5. The van der Waals surface area contributed by atoms with Crippen molar-refractivity contribution in [2.45, 2.75) is 24.0 Å². The maximum atomic E-state index is 14.3. The summed E-state index contributed by atoms with van der Waals surface area (Å²) in [7, 11) is -2.28. The molecule has 0 atom stereocenters. The molecule has 0 saturated carbocycles. The van der Waals surface area contributed by atoms with E-state index in [1.54, 1.807) is 32.0 Å². The van der Waals surface area contributed by atoms with Crippen LogP contribution in [0.5, 0.6) is 5.75 Å². The maximum absolute atomic E-state index is 14.3. The largest absolute Gasteiger partial charge is 0.492 e. The Morgan fingerprint density at radius 1 is 1.17 bits per heavy atom. The van der Waals surface area contributed by atoms with E-state index in [1.807, 2.05) is 0 Å². The van der Waals surface area contributed by atoms with Crippen LogP contribution in [-0.4, -0.2) is 36.7 Å². The van der Waals surface area contributed by atoms with E-state index in [-0.39, 0.29) is 38.8 Å². The normalized spacial score (nSPS) is 11.1. The lowest BCUT2D eigenvalue weighted by Crippen LogP contribution is -2.15. The summed E-state index contributed by atoms with van der Waals surface area (Å²) in [5, 5.41) is 7.70. The number of sulfone groups is 1. The smallest absolute Gasteiger partial charge is 0.247 e. The molecule has 0 spiro atoms. The standard InChI is InChI=1S/C23H23ClFN5O4S/c1-5-19(31)29-20-15(25)10-11-17(21(20)34-4)28-23-26-12-14(24)22(30-23)27-16-8-6-7-9-18(16)35(32,33)13(2)3/h5-13H,1H2,2-4H3,(H,29,31)(H2,26,27,28,30). The molecule has 1 aromatic heterocycles. The Labute approximate surface area is 207 Å². The van der Waals surface area contributed by atoms with Crippen molar-refractivity contribution in [2.24, 2.45) is 0 Å². The molecule has 0 aliphatic carbocycles. The summed E-state index contributed by atoms with van der Waals surface area (Å²) in [6.45, 7) is 6.53. The topological polar surface area (TPSA) is 122 Å². The van der Waals surface area contributed by atoms with Crippen molar-refractivity contribution in [1.82, 2.24) is 9.97 Å². The molecule has 0 unspecified atom stereocenters. The third-order valence-electron chi connectivity index (χ3n) is 4.80. The molecule has 1 heterocycles. The van der Waals surface area contributed by atoms with Gasteiger partial charge in [-0.05, 0) is 44.2 Å². The van der Waals surface area contributed by atoms with Crippen molar-refractivity contribution in [2.75, 3.05) is 23.1 Å². The molecule has 3 N–H and O–H groups in total. The van der Waals surface area contributed by atoms with Gasteiger partial charge in [0, 0.05) is 0 Å². The number of carbonyl (C=O) groups excluding carboxylic acids is 1. The number of benzene rings is 2. The van der Waals surface area contributed by atoms with Crippen molar-refractivity contribution in [3.63, 3.8) is 0 Å². The molecular weight excluding hydrogens is 497 g/mol. The van der Waals surface area contributed by atoms with Gasteiger partial charge in [-0.3, -0.25) is 4.79 Å². The van der Waals surface area contributed by atoms with E-state index in [2.05, 4.69) is 32.5 Å². The van der Waals surface area contributed by atoms with Gasteiger partial charge in [0.15, 0.2) is 27.2 Å². The zero-order valence-corrected chi connectivity index (χ0v) is 20.7. The van der Waals surface area contributed by atoms with Crippen LogP contribution >= 0.6 is 11.6 Å².